The summed E-state index contributed by atoms with van der Waals surface area (Å²) < 4.78 is 5.06. The van der Waals surface area contributed by atoms with E-state index in [1.165, 1.54) is 97.8 Å². The van der Waals surface area contributed by atoms with Gasteiger partial charge in [-0.3, -0.25) is 0 Å². The van der Waals surface area contributed by atoms with Crippen LogP contribution in [0.3, 0.4) is 0 Å². The van der Waals surface area contributed by atoms with Crippen LogP contribution in [0.1, 0.15) is 0 Å². The second kappa shape index (κ2) is 11.2. The third-order valence-corrected chi connectivity index (χ3v) is 11.6. The van der Waals surface area contributed by atoms with Crippen LogP contribution >= 0.6 is 0 Å². The number of benzene rings is 10. The Kier molecular flexibility index (Phi) is 6.09. The Balaban J connectivity index is 1.30. The van der Waals surface area contributed by atoms with Gasteiger partial charge in [0, 0.05) is 38.3 Å². The van der Waals surface area contributed by atoms with Crippen molar-refractivity contribution in [3.05, 3.63) is 194 Å². The first-order valence-corrected chi connectivity index (χ1v) is 18.7. The van der Waals surface area contributed by atoms with Crippen molar-refractivity contribution < 1.29 is 0 Å². The number of hydrogen-bond acceptors (Lipinski definition) is 0. The maximum atomic E-state index is 2.54. The number of aromatic nitrogens is 2. The van der Waals surface area contributed by atoms with E-state index in [-0.39, 0.29) is 0 Å². The Labute approximate surface area is 311 Å². The highest BCUT2D eigenvalue weighted by Crippen LogP contribution is 2.48. The summed E-state index contributed by atoms with van der Waals surface area (Å²) in [6, 6.07) is 71.5. The van der Waals surface area contributed by atoms with Gasteiger partial charge in [-0.1, -0.05) is 158 Å². The quantitative estimate of drug-likeness (QED) is 0.164. The van der Waals surface area contributed by atoms with Crippen molar-refractivity contribution >= 4 is 86.7 Å². The largest absolute Gasteiger partial charge is 0.309 e. The van der Waals surface area contributed by atoms with E-state index < -0.39 is 0 Å². The molecular formula is C52H32N2. The monoisotopic (exact) mass is 684 g/mol. The van der Waals surface area contributed by atoms with Gasteiger partial charge in [0.05, 0.1) is 22.1 Å². The average molecular weight is 685 g/mol. The van der Waals surface area contributed by atoms with Gasteiger partial charge in [-0.05, 0) is 85.2 Å². The molecule has 0 amide bonds. The van der Waals surface area contributed by atoms with Crippen LogP contribution in [0.4, 0.5) is 0 Å². The molecule has 2 nitrogen and oxygen atoms in total. The van der Waals surface area contributed by atoms with Gasteiger partial charge in [0.2, 0.25) is 0 Å². The number of fused-ring (bicyclic) bond motifs is 15. The fourth-order valence-corrected chi connectivity index (χ4v) is 9.33. The predicted molar refractivity (Wildman–Crippen MR) is 231 cm³/mol. The molecule has 54 heavy (non-hydrogen) atoms. The summed E-state index contributed by atoms with van der Waals surface area (Å²) >= 11 is 0. The fourth-order valence-electron chi connectivity index (χ4n) is 9.33. The summed E-state index contributed by atoms with van der Waals surface area (Å²) in [5.74, 6) is 0. The molecule has 0 radical (unpaired) electrons. The summed E-state index contributed by atoms with van der Waals surface area (Å²) in [6.07, 6.45) is 0. The highest BCUT2D eigenvalue weighted by Gasteiger charge is 2.25. The molecule has 0 aliphatic rings. The van der Waals surface area contributed by atoms with Crippen molar-refractivity contribution in [2.24, 2.45) is 0 Å². The first-order chi connectivity index (χ1) is 26.8. The smallest absolute Gasteiger partial charge is 0.0648 e. The van der Waals surface area contributed by atoms with E-state index >= 15 is 0 Å². The Morgan fingerprint density at radius 1 is 0.259 bits per heavy atom. The van der Waals surface area contributed by atoms with Gasteiger partial charge in [0.15, 0.2) is 0 Å². The van der Waals surface area contributed by atoms with Crippen molar-refractivity contribution in [2.45, 2.75) is 0 Å². The summed E-state index contributed by atoms with van der Waals surface area (Å²) in [5, 5.41) is 15.2. The molecule has 2 heterocycles. The number of hydrogen-bond donors (Lipinski definition) is 0. The highest BCUT2D eigenvalue weighted by atomic mass is 15.0. The van der Waals surface area contributed by atoms with Crippen molar-refractivity contribution in [1.82, 2.24) is 9.13 Å². The molecule has 0 unspecified atom stereocenters. The highest BCUT2D eigenvalue weighted by molar-refractivity contribution is 6.39. The lowest BCUT2D eigenvalue weighted by atomic mass is 9.97. The van der Waals surface area contributed by atoms with Crippen LogP contribution in [-0.2, 0) is 0 Å². The SMILES string of the molecule is c1ccc(-c2cccc(-n3c4ccc5ccccc5c4c4c5ccccc5c5c(c6ccccc6n5-c5ccc6c(ccc7ccccc76)c5)c43)c2)cc1. The van der Waals surface area contributed by atoms with Crippen LogP contribution in [0.2, 0.25) is 0 Å². The Hall–Kier alpha value is -7.16. The maximum Gasteiger partial charge on any atom is 0.0648 e. The van der Waals surface area contributed by atoms with Crippen LogP contribution in [-0.4, -0.2) is 9.13 Å². The van der Waals surface area contributed by atoms with Crippen molar-refractivity contribution in [2.75, 3.05) is 0 Å². The molecule has 0 aliphatic heterocycles. The molecule has 0 aliphatic carbocycles. The average Bonchev–Trinajstić information content (AvgIpc) is 3.78. The minimum Gasteiger partial charge on any atom is -0.309 e. The lowest BCUT2D eigenvalue weighted by Gasteiger charge is -2.14. The van der Waals surface area contributed by atoms with Gasteiger partial charge in [-0.25, -0.2) is 0 Å². The second-order valence-corrected chi connectivity index (χ2v) is 14.5. The molecule has 0 fully saturated rings. The molecule has 12 rings (SSSR count). The maximum absolute atomic E-state index is 2.54. The molecule has 0 N–H and O–H groups in total. The van der Waals surface area contributed by atoms with E-state index in [4.69, 9.17) is 0 Å². The van der Waals surface area contributed by atoms with E-state index in [2.05, 4.69) is 203 Å². The van der Waals surface area contributed by atoms with Crippen LogP contribution in [0.5, 0.6) is 0 Å². The first-order valence-electron chi connectivity index (χ1n) is 18.7. The van der Waals surface area contributed by atoms with Gasteiger partial charge < -0.3 is 9.13 Å². The number of nitrogens with zero attached hydrogens (tertiary/aromatic N) is 2. The van der Waals surface area contributed by atoms with Gasteiger partial charge >= 0.3 is 0 Å². The molecule has 0 saturated heterocycles. The van der Waals surface area contributed by atoms with E-state index in [0.717, 1.165) is 11.4 Å². The minimum absolute atomic E-state index is 1.15. The zero-order valence-corrected chi connectivity index (χ0v) is 29.4. The van der Waals surface area contributed by atoms with E-state index in [1.54, 1.807) is 0 Å². The normalized spacial score (nSPS) is 12.1. The molecule has 2 heteroatoms. The summed E-state index contributed by atoms with van der Waals surface area (Å²) in [4.78, 5) is 0. The zero-order chi connectivity index (χ0) is 35.3. The van der Waals surface area contributed by atoms with E-state index in [1.807, 2.05) is 0 Å². The van der Waals surface area contributed by atoms with Crippen molar-refractivity contribution in [3.8, 4) is 22.5 Å². The van der Waals surface area contributed by atoms with Crippen molar-refractivity contribution in [3.63, 3.8) is 0 Å². The molecule has 12 aromatic rings. The van der Waals surface area contributed by atoms with Crippen LogP contribution in [0.15, 0.2) is 194 Å². The third-order valence-electron chi connectivity index (χ3n) is 11.6. The standard InChI is InChI=1S/C52H32N2/c1-2-13-33(14-3-1)36-17-12-18-38(31-36)54-47-30-27-35-16-5-7-20-42(35)48(47)49-43-21-8-9-22-44(43)51-50(52(49)54)45-23-10-11-24-46(45)53(51)39-28-29-41-37(32-39)26-25-34-15-4-6-19-40(34)41/h1-32H. The second-order valence-electron chi connectivity index (χ2n) is 14.5. The molecule has 0 bridgehead atoms. The zero-order valence-electron chi connectivity index (χ0n) is 29.4. The number of para-hydroxylation sites is 1. The molecular weight excluding hydrogens is 653 g/mol. The Bertz CT molecular complexity index is 3490. The lowest BCUT2D eigenvalue weighted by molar-refractivity contribution is 1.18. The topological polar surface area (TPSA) is 9.86 Å². The summed E-state index contributed by atoms with van der Waals surface area (Å²) in [5.41, 5.74) is 9.60. The van der Waals surface area contributed by atoms with Gasteiger partial charge in [0.25, 0.3) is 0 Å². The molecule has 10 aromatic carbocycles. The summed E-state index contributed by atoms with van der Waals surface area (Å²) in [7, 11) is 0. The molecule has 2 aromatic heterocycles. The fraction of sp³-hybridized carbons (Fsp3) is 0. The summed E-state index contributed by atoms with van der Waals surface area (Å²) in [6.45, 7) is 0. The third kappa shape index (κ3) is 4.05. The number of rotatable bonds is 3. The lowest BCUT2D eigenvalue weighted by Crippen LogP contribution is -1.97. The molecule has 0 atom stereocenters. The minimum atomic E-state index is 1.15. The molecule has 250 valence electrons. The van der Waals surface area contributed by atoms with Gasteiger partial charge in [0.1, 0.15) is 0 Å². The molecule has 0 saturated carbocycles. The van der Waals surface area contributed by atoms with Crippen LogP contribution in [0.25, 0.3) is 109 Å². The van der Waals surface area contributed by atoms with Crippen molar-refractivity contribution in [1.29, 1.82) is 0 Å². The van der Waals surface area contributed by atoms with Gasteiger partial charge in [-0.2, -0.15) is 0 Å². The van der Waals surface area contributed by atoms with Crippen LogP contribution < -0.4 is 0 Å². The first kappa shape index (κ1) is 29.4. The van der Waals surface area contributed by atoms with E-state index in [0.29, 0.717) is 0 Å². The Morgan fingerprint density at radius 3 is 1.70 bits per heavy atom. The van der Waals surface area contributed by atoms with E-state index in [9.17, 15) is 0 Å². The predicted octanol–water partition coefficient (Wildman–Crippen LogP) is 14.2. The van der Waals surface area contributed by atoms with Gasteiger partial charge in [-0.15, -0.1) is 0 Å². The molecule has 0 spiro atoms. The Morgan fingerprint density at radius 2 is 0.852 bits per heavy atom. The van der Waals surface area contributed by atoms with Crippen LogP contribution in [0, 0.1) is 0 Å².